The molecule has 6 nitrogen and oxygen atoms in total. The van der Waals surface area contributed by atoms with E-state index < -0.39 is 0 Å². The van der Waals surface area contributed by atoms with Gasteiger partial charge in [0.15, 0.2) is 0 Å². The smallest absolute Gasteiger partial charge is 0.251 e. The van der Waals surface area contributed by atoms with Crippen molar-refractivity contribution in [2.75, 3.05) is 18.8 Å². The first-order valence-corrected chi connectivity index (χ1v) is 10.3. The first-order valence-electron chi connectivity index (χ1n) is 8.49. The summed E-state index contributed by atoms with van der Waals surface area (Å²) >= 11 is 3.04. The molecule has 1 aromatic carbocycles. The first kappa shape index (κ1) is 19.3. The van der Waals surface area contributed by atoms with Crippen LogP contribution in [0.25, 0.3) is 10.2 Å². The summed E-state index contributed by atoms with van der Waals surface area (Å²) in [4.78, 5) is 34.8. The van der Waals surface area contributed by atoms with Gasteiger partial charge in [-0.05, 0) is 31.5 Å². The molecular formula is C19H20N4O2S2. The molecule has 0 radical (unpaired) electrons. The maximum absolute atomic E-state index is 12.1. The lowest BCUT2D eigenvalue weighted by Gasteiger charge is -2.07. The molecule has 0 bridgehead atoms. The van der Waals surface area contributed by atoms with Crippen LogP contribution in [0.3, 0.4) is 0 Å². The predicted octanol–water partition coefficient (Wildman–Crippen LogP) is 2.95. The molecule has 0 atom stereocenters. The van der Waals surface area contributed by atoms with Crippen molar-refractivity contribution >= 4 is 45.1 Å². The number of hydrogen-bond acceptors (Lipinski definition) is 6. The fraction of sp³-hybridized carbons (Fsp3) is 0.263. The number of carbonyl (C=O) groups is 2. The molecule has 0 aliphatic heterocycles. The van der Waals surface area contributed by atoms with Gasteiger partial charge in [-0.15, -0.1) is 11.3 Å². The van der Waals surface area contributed by atoms with E-state index in [0.717, 1.165) is 15.2 Å². The van der Waals surface area contributed by atoms with Crippen LogP contribution >= 0.6 is 23.1 Å². The number of thioether (sulfide) groups is 1. The van der Waals surface area contributed by atoms with Crippen molar-refractivity contribution in [1.29, 1.82) is 0 Å². The topological polar surface area (TPSA) is 84.0 Å². The van der Waals surface area contributed by atoms with E-state index >= 15 is 0 Å². The number of rotatable bonds is 7. The molecule has 8 heteroatoms. The van der Waals surface area contributed by atoms with Crippen LogP contribution < -0.4 is 10.6 Å². The number of aromatic nitrogens is 2. The van der Waals surface area contributed by atoms with Crippen LogP contribution in [0.5, 0.6) is 0 Å². The van der Waals surface area contributed by atoms with Crippen molar-refractivity contribution in [3.05, 3.63) is 52.7 Å². The molecule has 0 fully saturated rings. The standard InChI is InChI=1S/C19H20N4O2S2/c1-12-13(2)27-19-16(12)18(22-11-23-19)26-10-15(24)20-8-9-21-17(25)14-6-4-3-5-7-14/h3-7,11H,8-10H2,1-2H3,(H,20,24)(H,21,25). The highest BCUT2D eigenvalue weighted by Crippen LogP contribution is 2.34. The Balaban J connectivity index is 1.45. The Morgan fingerprint density at radius 2 is 1.81 bits per heavy atom. The van der Waals surface area contributed by atoms with Crippen LogP contribution in [0.2, 0.25) is 0 Å². The number of fused-ring (bicyclic) bond motifs is 1. The van der Waals surface area contributed by atoms with Crippen LogP contribution in [0, 0.1) is 13.8 Å². The maximum atomic E-state index is 12.1. The van der Waals surface area contributed by atoms with E-state index in [0.29, 0.717) is 18.7 Å². The van der Waals surface area contributed by atoms with Crippen molar-refractivity contribution in [3.8, 4) is 0 Å². The number of nitrogens with one attached hydrogen (secondary N) is 2. The van der Waals surface area contributed by atoms with Crippen LogP contribution in [-0.2, 0) is 4.79 Å². The number of hydrogen-bond donors (Lipinski definition) is 2. The highest BCUT2D eigenvalue weighted by Gasteiger charge is 2.13. The fourth-order valence-corrected chi connectivity index (χ4v) is 4.46. The third-order valence-electron chi connectivity index (χ3n) is 4.04. The zero-order valence-corrected chi connectivity index (χ0v) is 16.7. The predicted molar refractivity (Wildman–Crippen MR) is 109 cm³/mol. The Kier molecular flexibility index (Phi) is 6.41. The van der Waals surface area contributed by atoms with Crippen molar-refractivity contribution < 1.29 is 9.59 Å². The highest BCUT2D eigenvalue weighted by molar-refractivity contribution is 8.00. The van der Waals surface area contributed by atoms with Gasteiger partial charge in [0.05, 0.1) is 5.75 Å². The molecule has 27 heavy (non-hydrogen) atoms. The van der Waals surface area contributed by atoms with Gasteiger partial charge in [-0.2, -0.15) is 0 Å². The Labute approximate surface area is 165 Å². The first-order chi connectivity index (χ1) is 13.1. The molecule has 2 N–H and O–H groups in total. The van der Waals surface area contributed by atoms with Gasteiger partial charge in [-0.1, -0.05) is 30.0 Å². The molecule has 2 amide bonds. The molecule has 0 saturated heterocycles. The molecule has 0 aliphatic rings. The van der Waals surface area contributed by atoms with Gasteiger partial charge in [0, 0.05) is 28.9 Å². The Bertz CT molecular complexity index is 957. The van der Waals surface area contributed by atoms with Crippen molar-refractivity contribution in [3.63, 3.8) is 0 Å². The number of benzene rings is 1. The molecular weight excluding hydrogens is 380 g/mol. The summed E-state index contributed by atoms with van der Waals surface area (Å²) in [5.74, 6) is 0.0313. The molecule has 3 rings (SSSR count). The summed E-state index contributed by atoms with van der Waals surface area (Å²) in [7, 11) is 0. The average Bonchev–Trinajstić information content (AvgIpc) is 2.98. The zero-order chi connectivity index (χ0) is 19.2. The Hall–Kier alpha value is -2.45. The highest BCUT2D eigenvalue weighted by atomic mass is 32.2. The SMILES string of the molecule is Cc1sc2ncnc(SCC(=O)NCCNC(=O)c3ccccc3)c2c1C. The second-order valence-corrected chi connectivity index (χ2v) is 8.07. The van der Waals surface area contributed by atoms with Crippen LogP contribution in [0.4, 0.5) is 0 Å². The number of thiophene rings is 1. The minimum Gasteiger partial charge on any atom is -0.354 e. The van der Waals surface area contributed by atoms with Gasteiger partial charge in [0.2, 0.25) is 5.91 Å². The Morgan fingerprint density at radius 1 is 1.07 bits per heavy atom. The lowest BCUT2D eigenvalue weighted by atomic mass is 10.2. The van der Waals surface area contributed by atoms with Crippen molar-refractivity contribution in [1.82, 2.24) is 20.6 Å². The third kappa shape index (κ3) is 4.84. The van der Waals surface area contributed by atoms with Crippen LogP contribution in [0.1, 0.15) is 20.8 Å². The van der Waals surface area contributed by atoms with E-state index in [-0.39, 0.29) is 17.6 Å². The number of aryl methyl sites for hydroxylation is 2. The van der Waals surface area contributed by atoms with Gasteiger partial charge >= 0.3 is 0 Å². The summed E-state index contributed by atoms with van der Waals surface area (Å²) < 4.78 is 0. The normalized spacial score (nSPS) is 10.7. The second-order valence-electron chi connectivity index (χ2n) is 5.90. The third-order valence-corrected chi connectivity index (χ3v) is 6.14. The maximum Gasteiger partial charge on any atom is 0.251 e. The molecule has 0 spiro atoms. The molecule has 3 aromatic rings. The monoisotopic (exact) mass is 400 g/mol. The summed E-state index contributed by atoms with van der Waals surface area (Å²) in [6.45, 7) is 4.88. The molecule has 2 aromatic heterocycles. The van der Waals surface area contributed by atoms with E-state index in [1.165, 1.54) is 28.5 Å². The van der Waals surface area contributed by atoms with Crippen molar-refractivity contribution in [2.45, 2.75) is 18.9 Å². The number of amides is 2. The van der Waals surface area contributed by atoms with E-state index in [4.69, 9.17) is 0 Å². The van der Waals surface area contributed by atoms with Gasteiger partial charge in [0.25, 0.3) is 5.91 Å². The number of nitrogens with zero attached hydrogens (tertiary/aromatic N) is 2. The van der Waals surface area contributed by atoms with E-state index in [1.807, 2.05) is 18.2 Å². The minimum absolute atomic E-state index is 0.0923. The Morgan fingerprint density at radius 3 is 2.59 bits per heavy atom. The quantitative estimate of drug-likeness (QED) is 0.362. The zero-order valence-electron chi connectivity index (χ0n) is 15.1. The average molecular weight is 401 g/mol. The van der Waals surface area contributed by atoms with E-state index in [2.05, 4.69) is 34.4 Å². The summed E-state index contributed by atoms with van der Waals surface area (Å²) in [5.41, 5.74) is 1.77. The summed E-state index contributed by atoms with van der Waals surface area (Å²) in [5, 5.41) is 7.46. The van der Waals surface area contributed by atoms with Gasteiger partial charge < -0.3 is 10.6 Å². The lowest BCUT2D eigenvalue weighted by Crippen LogP contribution is -2.35. The summed E-state index contributed by atoms with van der Waals surface area (Å²) in [6, 6.07) is 8.99. The lowest BCUT2D eigenvalue weighted by molar-refractivity contribution is -0.118. The summed E-state index contributed by atoms with van der Waals surface area (Å²) in [6.07, 6.45) is 1.54. The second kappa shape index (κ2) is 8.96. The van der Waals surface area contributed by atoms with Gasteiger partial charge in [-0.25, -0.2) is 9.97 Å². The van der Waals surface area contributed by atoms with E-state index in [9.17, 15) is 9.59 Å². The molecule has 0 unspecified atom stereocenters. The van der Waals surface area contributed by atoms with Gasteiger partial charge in [-0.3, -0.25) is 9.59 Å². The number of carbonyl (C=O) groups excluding carboxylic acids is 2. The van der Waals surface area contributed by atoms with Crippen LogP contribution in [0.15, 0.2) is 41.7 Å². The molecule has 0 saturated carbocycles. The minimum atomic E-state index is -0.147. The molecule has 2 heterocycles. The molecule has 0 aliphatic carbocycles. The fourth-order valence-electron chi connectivity index (χ4n) is 2.51. The van der Waals surface area contributed by atoms with Gasteiger partial charge in [0.1, 0.15) is 16.2 Å². The van der Waals surface area contributed by atoms with Crippen molar-refractivity contribution in [2.24, 2.45) is 0 Å². The van der Waals surface area contributed by atoms with Crippen LogP contribution in [-0.4, -0.2) is 40.6 Å². The molecule has 140 valence electrons. The largest absolute Gasteiger partial charge is 0.354 e. The van der Waals surface area contributed by atoms with E-state index in [1.54, 1.807) is 23.5 Å².